The highest BCUT2D eigenvalue weighted by Gasteiger charge is 2.44. The number of rotatable bonds is 7. The Kier molecular flexibility index (Phi) is 8.98. The quantitative estimate of drug-likeness (QED) is 0.119. The third kappa shape index (κ3) is 5.86. The van der Waals surface area contributed by atoms with Gasteiger partial charge in [-0.05, 0) is 31.0 Å². The van der Waals surface area contributed by atoms with Crippen molar-refractivity contribution in [3.63, 3.8) is 0 Å². The average Bonchev–Trinajstić information content (AvgIpc) is 2.96. The summed E-state index contributed by atoms with van der Waals surface area (Å²) in [5, 5.41) is 53.8. The molecule has 18 heteroatoms. The maximum Gasteiger partial charge on any atom is 0.547 e. The Bertz CT molecular complexity index is 1510. The van der Waals surface area contributed by atoms with Gasteiger partial charge < -0.3 is 45.6 Å². The summed E-state index contributed by atoms with van der Waals surface area (Å²) < 4.78 is 19.3. The van der Waals surface area contributed by atoms with Gasteiger partial charge in [-0.25, -0.2) is 18.9 Å². The molecule has 1 saturated heterocycles. The summed E-state index contributed by atoms with van der Waals surface area (Å²) in [6.45, 7) is 0.812. The molecule has 15 nitrogen and oxygen atoms in total. The fourth-order valence-corrected chi connectivity index (χ4v) is 5.06. The monoisotopic (exact) mass is 622 g/mol. The number of fused-ring (bicyclic) bond motifs is 1. The number of halogens is 2. The minimum Gasteiger partial charge on any atom is -0.534 e. The molecule has 0 radical (unpaired) electrons. The van der Waals surface area contributed by atoms with E-state index >= 15 is 0 Å². The molecule has 2 heterocycles. The molecule has 228 valence electrons. The van der Waals surface area contributed by atoms with Crippen LogP contribution >= 0.6 is 11.6 Å². The van der Waals surface area contributed by atoms with Gasteiger partial charge in [-0.15, -0.1) is 0 Å². The van der Waals surface area contributed by atoms with E-state index in [2.05, 4.69) is 10.6 Å². The van der Waals surface area contributed by atoms with Crippen LogP contribution in [-0.2, 0) is 20.8 Å². The second kappa shape index (κ2) is 12.3. The van der Waals surface area contributed by atoms with E-state index in [0.717, 1.165) is 23.1 Å². The largest absolute Gasteiger partial charge is 0.547 e. The molecule has 2 unspecified atom stereocenters. The molecule has 2 aliphatic heterocycles. The van der Waals surface area contributed by atoms with Gasteiger partial charge in [0.25, 0.3) is 0 Å². The van der Waals surface area contributed by atoms with Crippen LogP contribution in [0, 0.1) is 5.82 Å². The van der Waals surface area contributed by atoms with Gasteiger partial charge in [-0.1, -0.05) is 23.7 Å². The highest BCUT2D eigenvalue weighted by molar-refractivity contribution is 6.47. The maximum absolute atomic E-state index is 14.1. The molecular formula is C25H25BClFN4O11. The first-order valence-electron chi connectivity index (χ1n) is 12.7. The van der Waals surface area contributed by atoms with Crippen molar-refractivity contribution in [3.8, 4) is 17.2 Å². The molecule has 5 amide bonds. The second-order valence-corrected chi connectivity index (χ2v) is 10.00. The van der Waals surface area contributed by atoms with E-state index in [9.17, 15) is 53.8 Å². The van der Waals surface area contributed by atoms with E-state index in [4.69, 9.17) is 16.3 Å². The molecule has 1 fully saturated rings. The number of phenolic OH excluding ortho intramolecular Hbond substituents is 2. The predicted molar refractivity (Wildman–Crippen MR) is 144 cm³/mol. The van der Waals surface area contributed by atoms with Crippen LogP contribution in [0.3, 0.4) is 0 Å². The normalized spacial score (nSPS) is 19.0. The third-order valence-corrected chi connectivity index (χ3v) is 7.41. The van der Waals surface area contributed by atoms with Gasteiger partial charge in [-0.2, -0.15) is 0 Å². The number of aromatic carboxylic acids is 1. The lowest BCUT2D eigenvalue weighted by atomic mass is 9.72. The Balaban J connectivity index is 1.66. The number of hydrogen-bond acceptors (Lipinski definition) is 10. The standard InChI is InChI=1S/C25H25BClFN4O11/c1-2-31-8-11(9-33)32(23(38)22(31)37)25(41)30-18(12-4-6-14(34)19(35)17(12)27)21(36)29-15-7-10-3-5-13(28)16(24(39)40)20(10)43-26(15)42/h3-6,11,15,18,33-35,42H,2,7-9H2,1H3,(H,29,36)(H,30,41)(H,39,40)/t11?,15-,18?/m0/s1. The highest BCUT2D eigenvalue weighted by Crippen LogP contribution is 2.38. The molecule has 7 N–H and O–H groups in total. The Labute approximate surface area is 247 Å². The fraction of sp³-hybridized carbons (Fsp3) is 0.320. The van der Waals surface area contributed by atoms with Gasteiger partial charge in [0.05, 0.1) is 23.6 Å². The molecule has 0 aromatic heterocycles. The predicted octanol–water partition coefficient (Wildman–Crippen LogP) is -0.470. The molecule has 0 aliphatic carbocycles. The molecule has 0 spiro atoms. The van der Waals surface area contributed by atoms with Crippen molar-refractivity contribution in [2.24, 2.45) is 0 Å². The van der Waals surface area contributed by atoms with Crippen LogP contribution in [0.15, 0.2) is 24.3 Å². The third-order valence-electron chi connectivity index (χ3n) is 7.01. The zero-order valence-electron chi connectivity index (χ0n) is 22.3. The van der Waals surface area contributed by atoms with Crippen molar-refractivity contribution < 1.29 is 58.5 Å². The van der Waals surface area contributed by atoms with Gasteiger partial charge >= 0.3 is 30.9 Å². The summed E-state index contributed by atoms with van der Waals surface area (Å²) in [6.07, 6.45) is -0.253. The second-order valence-electron chi connectivity index (χ2n) is 9.62. The van der Waals surface area contributed by atoms with E-state index in [-0.39, 0.29) is 30.6 Å². The van der Waals surface area contributed by atoms with Crippen molar-refractivity contribution in [2.75, 3.05) is 19.7 Å². The highest BCUT2D eigenvalue weighted by atomic mass is 35.5. The van der Waals surface area contributed by atoms with Crippen molar-refractivity contribution >= 4 is 48.4 Å². The maximum atomic E-state index is 14.1. The number of carbonyl (C=O) groups excluding carboxylic acids is 4. The van der Waals surface area contributed by atoms with E-state index in [1.54, 1.807) is 6.92 Å². The zero-order chi connectivity index (χ0) is 31.7. The fourth-order valence-electron chi connectivity index (χ4n) is 4.79. The van der Waals surface area contributed by atoms with Gasteiger partial charge in [0, 0.05) is 18.7 Å². The summed E-state index contributed by atoms with van der Waals surface area (Å²) in [4.78, 5) is 65.2. The molecule has 0 bridgehead atoms. The zero-order valence-corrected chi connectivity index (χ0v) is 23.0. The molecule has 2 aromatic carbocycles. The number of hydrogen-bond donors (Lipinski definition) is 7. The van der Waals surface area contributed by atoms with E-state index in [1.807, 2.05) is 0 Å². The van der Waals surface area contributed by atoms with Crippen LogP contribution in [0.4, 0.5) is 9.18 Å². The van der Waals surface area contributed by atoms with Crippen LogP contribution < -0.4 is 15.3 Å². The lowest BCUT2D eigenvalue weighted by molar-refractivity contribution is -0.156. The Morgan fingerprint density at radius 3 is 2.51 bits per heavy atom. The average molecular weight is 623 g/mol. The number of carbonyl (C=O) groups is 5. The number of amides is 5. The first kappa shape index (κ1) is 31.3. The number of phenols is 2. The SMILES string of the molecule is CCN1CC(CO)N(C(=O)NC(C(=O)N[C@H]2Cc3ccc(F)c(C(=O)O)c3OB2O)c2ccc(O)c(O)c2Cl)C(=O)C1=O. The number of benzene rings is 2. The number of aromatic hydroxyl groups is 2. The van der Waals surface area contributed by atoms with Crippen LogP contribution in [0.25, 0.3) is 0 Å². The van der Waals surface area contributed by atoms with E-state index < -0.39 is 95.1 Å². The van der Waals surface area contributed by atoms with Gasteiger partial charge in [0.1, 0.15) is 23.2 Å². The number of carboxylic acid groups (broad SMARTS) is 1. The number of aliphatic hydroxyl groups is 1. The Morgan fingerprint density at radius 2 is 1.88 bits per heavy atom. The van der Waals surface area contributed by atoms with Crippen molar-refractivity contribution in [3.05, 3.63) is 51.8 Å². The van der Waals surface area contributed by atoms with E-state index in [0.29, 0.717) is 4.90 Å². The van der Waals surface area contributed by atoms with Gasteiger partial charge in [0.2, 0.25) is 5.91 Å². The number of likely N-dealkylation sites (N-methyl/N-ethyl adjacent to an activating group) is 1. The topological polar surface area (TPSA) is 226 Å². The molecular weight excluding hydrogens is 598 g/mol. The molecule has 43 heavy (non-hydrogen) atoms. The molecule has 2 aromatic rings. The molecule has 3 atom stereocenters. The minimum atomic E-state index is -1.89. The summed E-state index contributed by atoms with van der Waals surface area (Å²) in [5.74, 6) is -9.40. The summed E-state index contributed by atoms with van der Waals surface area (Å²) >= 11 is 6.16. The van der Waals surface area contributed by atoms with Crippen molar-refractivity contribution in [1.29, 1.82) is 0 Å². The van der Waals surface area contributed by atoms with Gasteiger partial charge in [-0.3, -0.25) is 14.4 Å². The lowest BCUT2D eigenvalue weighted by Crippen LogP contribution is -2.64. The number of aliphatic hydroxyl groups excluding tert-OH is 1. The molecule has 0 saturated carbocycles. The van der Waals surface area contributed by atoms with Crippen LogP contribution in [0.5, 0.6) is 17.2 Å². The lowest BCUT2D eigenvalue weighted by Gasteiger charge is -2.38. The smallest absolute Gasteiger partial charge is 0.534 e. The Hall–Kier alpha value is -4.61. The molecule has 2 aliphatic rings. The summed E-state index contributed by atoms with van der Waals surface area (Å²) in [6, 6.07) is -0.184. The summed E-state index contributed by atoms with van der Waals surface area (Å²) in [5.41, 5.74) is -0.978. The van der Waals surface area contributed by atoms with Crippen LogP contribution in [0.1, 0.15) is 34.5 Å². The summed E-state index contributed by atoms with van der Waals surface area (Å²) in [7, 11) is -1.89. The first-order valence-corrected chi connectivity index (χ1v) is 13.1. The number of imide groups is 1. The minimum absolute atomic E-state index is 0.124. The number of carboxylic acids is 1. The van der Waals surface area contributed by atoms with Crippen LogP contribution in [-0.4, -0.2) is 104 Å². The van der Waals surface area contributed by atoms with Crippen LogP contribution in [0.2, 0.25) is 5.02 Å². The Morgan fingerprint density at radius 1 is 1.19 bits per heavy atom. The number of nitrogens with zero attached hydrogens (tertiary/aromatic N) is 2. The first-order chi connectivity index (χ1) is 20.3. The van der Waals surface area contributed by atoms with E-state index in [1.165, 1.54) is 6.07 Å². The molecule has 4 rings (SSSR count). The number of piperazine rings is 1. The number of nitrogens with one attached hydrogen (secondary N) is 2. The van der Waals surface area contributed by atoms with Gasteiger partial charge in [0.15, 0.2) is 11.5 Å². The van der Waals surface area contributed by atoms with Crippen molar-refractivity contribution in [2.45, 2.75) is 31.4 Å². The number of urea groups is 1. The van der Waals surface area contributed by atoms with Crippen molar-refractivity contribution in [1.82, 2.24) is 20.4 Å².